The van der Waals surface area contributed by atoms with Crippen LogP contribution in [0.5, 0.6) is 5.75 Å². The summed E-state index contributed by atoms with van der Waals surface area (Å²) < 4.78 is 33.9. The largest absolute Gasteiger partial charge is 0.496 e. The molecular formula is C20H21N5O4S. The van der Waals surface area contributed by atoms with E-state index in [1.807, 2.05) is 31.2 Å². The van der Waals surface area contributed by atoms with E-state index in [0.717, 1.165) is 20.8 Å². The van der Waals surface area contributed by atoms with Gasteiger partial charge in [-0.15, -0.1) is 10.2 Å². The van der Waals surface area contributed by atoms with Gasteiger partial charge in [0.25, 0.3) is 0 Å². The summed E-state index contributed by atoms with van der Waals surface area (Å²) in [7, 11) is -0.878. The van der Waals surface area contributed by atoms with Gasteiger partial charge in [0, 0.05) is 24.4 Å². The predicted octanol–water partition coefficient (Wildman–Crippen LogP) is 1.87. The molecule has 0 radical (unpaired) electrons. The molecule has 9 nitrogen and oxygen atoms in total. The Balaban J connectivity index is 1.95. The molecule has 4 rings (SSSR count). The number of hydrogen-bond acceptors (Lipinski definition) is 7. The van der Waals surface area contributed by atoms with Crippen molar-refractivity contribution in [3.8, 4) is 17.1 Å². The number of methoxy groups -OCH3 is 1. The molecule has 0 spiro atoms. The van der Waals surface area contributed by atoms with Crippen molar-refractivity contribution in [1.29, 1.82) is 0 Å². The van der Waals surface area contributed by atoms with Crippen LogP contribution in [-0.4, -0.2) is 65.0 Å². The highest BCUT2D eigenvalue weighted by Crippen LogP contribution is 2.33. The predicted molar refractivity (Wildman–Crippen MR) is 112 cm³/mol. The van der Waals surface area contributed by atoms with Crippen molar-refractivity contribution >= 4 is 26.4 Å². The second-order valence-corrected chi connectivity index (χ2v) is 8.85. The third kappa shape index (κ3) is 3.18. The molecule has 2 heterocycles. The first kappa shape index (κ1) is 20.2. The zero-order valence-corrected chi connectivity index (χ0v) is 17.6. The fourth-order valence-electron chi connectivity index (χ4n) is 3.37. The Morgan fingerprint density at radius 2 is 1.87 bits per heavy atom. The quantitative estimate of drug-likeness (QED) is 0.500. The highest BCUT2D eigenvalue weighted by molar-refractivity contribution is 7.89. The minimum atomic E-state index is -3.80. The van der Waals surface area contributed by atoms with Crippen molar-refractivity contribution in [3.63, 3.8) is 0 Å². The lowest BCUT2D eigenvalue weighted by molar-refractivity contribution is 0.266. The SMILES string of the molecule is COc1ccc(S(=O)(=O)N(C)CCO)cc1-c1nnc2c3ccccc3c(C)nn12. The Labute approximate surface area is 173 Å². The molecular weight excluding hydrogens is 406 g/mol. The van der Waals surface area contributed by atoms with Crippen molar-refractivity contribution in [3.05, 3.63) is 48.2 Å². The van der Waals surface area contributed by atoms with E-state index in [-0.39, 0.29) is 18.0 Å². The molecule has 0 atom stereocenters. The number of aromatic nitrogens is 4. The molecule has 0 unspecified atom stereocenters. The highest BCUT2D eigenvalue weighted by Gasteiger charge is 2.24. The molecule has 0 bridgehead atoms. The first-order valence-corrected chi connectivity index (χ1v) is 10.7. The topological polar surface area (TPSA) is 110 Å². The Hall–Kier alpha value is -3.08. The summed E-state index contributed by atoms with van der Waals surface area (Å²) in [4.78, 5) is 0.0588. The summed E-state index contributed by atoms with van der Waals surface area (Å²) in [5, 5.41) is 24.2. The number of hydrogen-bond donors (Lipinski definition) is 1. The molecule has 0 aliphatic heterocycles. The summed E-state index contributed by atoms with van der Waals surface area (Å²) in [6.45, 7) is 1.61. The van der Waals surface area contributed by atoms with Gasteiger partial charge in [0.2, 0.25) is 10.0 Å². The fourth-order valence-corrected chi connectivity index (χ4v) is 4.56. The molecule has 30 heavy (non-hydrogen) atoms. The molecule has 156 valence electrons. The molecule has 10 heteroatoms. The number of nitrogens with zero attached hydrogens (tertiary/aromatic N) is 5. The third-order valence-electron chi connectivity index (χ3n) is 4.98. The Bertz CT molecular complexity index is 1350. The maximum Gasteiger partial charge on any atom is 0.242 e. The molecule has 0 saturated carbocycles. The summed E-state index contributed by atoms with van der Waals surface area (Å²) >= 11 is 0. The van der Waals surface area contributed by atoms with Gasteiger partial charge in [-0.2, -0.15) is 13.9 Å². The van der Waals surface area contributed by atoms with Crippen LogP contribution in [0.2, 0.25) is 0 Å². The minimum absolute atomic E-state index is 0.00962. The van der Waals surface area contributed by atoms with E-state index in [1.54, 1.807) is 10.6 Å². The molecule has 2 aromatic carbocycles. The number of benzene rings is 2. The molecule has 0 fully saturated rings. The second-order valence-electron chi connectivity index (χ2n) is 6.80. The lowest BCUT2D eigenvalue weighted by Gasteiger charge is -2.17. The first-order chi connectivity index (χ1) is 14.4. The lowest BCUT2D eigenvalue weighted by Crippen LogP contribution is -2.29. The number of fused-ring (bicyclic) bond motifs is 3. The highest BCUT2D eigenvalue weighted by atomic mass is 32.2. The fraction of sp³-hybridized carbons (Fsp3) is 0.250. The van der Waals surface area contributed by atoms with E-state index >= 15 is 0 Å². The van der Waals surface area contributed by atoms with Crippen LogP contribution in [0.1, 0.15) is 5.69 Å². The summed E-state index contributed by atoms with van der Waals surface area (Å²) in [5.74, 6) is 0.818. The maximum atomic E-state index is 12.9. The molecule has 2 aromatic heterocycles. The Morgan fingerprint density at radius 3 is 2.57 bits per heavy atom. The number of rotatable bonds is 6. The number of aliphatic hydroxyl groups is 1. The van der Waals surface area contributed by atoms with E-state index in [4.69, 9.17) is 9.84 Å². The number of ether oxygens (including phenoxy) is 1. The number of sulfonamides is 1. The number of likely N-dealkylation sites (N-methyl/N-ethyl adjacent to an activating group) is 1. The molecule has 0 saturated heterocycles. The van der Waals surface area contributed by atoms with Gasteiger partial charge in [0.05, 0.1) is 29.9 Å². The van der Waals surface area contributed by atoms with Crippen LogP contribution in [0.15, 0.2) is 47.4 Å². The van der Waals surface area contributed by atoms with E-state index < -0.39 is 10.0 Å². The Morgan fingerprint density at radius 1 is 1.13 bits per heavy atom. The Kier molecular flexibility index (Phi) is 5.14. The van der Waals surface area contributed by atoms with Crippen molar-refractivity contribution in [1.82, 2.24) is 24.1 Å². The van der Waals surface area contributed by atoms with Gasteiger partial charge in [-0.1, -0.05) is 24.3 Å². The van der Waals surface area contributed by atoms with E-state index in [9.17, 15) is 8.42 Å². The van der Waals surface area contributed by atoms with Gasteiger partial charge in [-0.25, -0.2) is 8.42 Å². The van der Waals surface area contributed by atoms with Gasteiger partial charge >= 0.3 is 0 Å². The second kappa shape index (κ2) is 7.63. The van der Waals surface area contributed by atoms with E-state index in [0.29, 0.717) is 22.8 Å². The van der Waals surface area contributed by atoms with Crippen molar-refractivity contribution in [2.75, 3.05) is 27.3 Å². The standard InChI is InChI=1S/C20H21N5O4S/c1-13-15-6-4-5-7-16(15)19-21-22-20(25(19)23-13)17-12-14(8-9-18(17)29-3)30(27,28)24(2)10-11-26/h4-9,12,26H,10-11H2,1-3H3. The molecule has 0 aliphatic carbocycles. The molecule has 4 aromatic rings. The van der Waals surface area contributed by atoms with Gasteiger partial charge in [0.15, 0.2) is 11.5 Å². The van der Waals surface area contributed by atoms with Crippen LogP contribution in [0.25, 0.3) is 27.8 Å². The molecule has 1 N–H and O–H groups in total. The first-order valence-electron chi connectivity index (χ1n) is 9.25. The van der Waals surface area contributed by atoms with Crippen LogP contribution >= 0.6 is 0 Å². The summed E-state index contributed by atoms with van der Waals surface area (Å²) in [5.41, 5.74) is 1.81. The van der Waals surface area contributed by atoms with Crippen LogP contribution in [-0.2, 0) is 10.0 Å². The monoisotopic (exact) mass is 427 g/mol. The van der Waals surface area contributed by atoms with Crippen molar-refractivity contribution in [2.45, 2.75) is 11.8 Å². The van der Waals surface area contributed by atoms with Crippen molar-refractivity contribution in [2.24, 2.45) is 0 Å². The lowest BCUT2D eigenvalue weighted by atomic mass is 10.1. The maximum absolute atomic E-state index is 12.9. The van der Waals surface area contributed by atoms with E-state index in [2.05, 4.69) is 15.3 Å². The van der Waals surface area contributed by atoms with E-state index in [1.165, 1.54) is 26.3 Å². The van der Waals surface area contributed by atoms with Gasteiger partial charge in [-0.05, 0) is 25.1 Å². The average molecular weight is 427 g/mol. The van der Waals surface area contributed by atoms with Crippen LogP contribution in [0.4, 0.5) is 0 Å². The summed E-state index contributed by atoms with van der Waals surface area (Å²) in [6.07, 6.45) is 0. The minimum Gasteiger partial charge on any atom is -0.496 e. The van der Waals surface area contributed by atoms with Crippen LogP contribution < -0.4 is 4.74 Å². The summed E-state index contributed by atoms with van der Waals surface area (Å²) in [6, 6.07) is 12.3. The van der Waals surface area contributed by atoms with Gasteiger partial charge in [0.1, 0.15) is 5.75 Å². The molecule has 0 aliphatic rings. The zero-order chi connectivity index (χ0) is 21.5. The zero-order valence-electron chi connectivity index (χ0n) is 16.8. The normalized spacial score (nSPS) is 12.2. The van der Waals surface area contributed by atoms with Crippen LogP contribution in [0.3, 0.4) is 0 Å². The van der Waals surface area contributed by atoms with Crippen LogP contribution in [0, 0.1) is 6.92 Å². The molecule has 0 amide bonds. The van der Waals surface area contributed by atoms with Gasteiger partial charge in [-0.3, -0.25) is 0 Å². The average Bonchev–Trinajstić information content (AvgIpc) is 3.17. The smallest absolute Gasteiger partial charge is 0.242 e. The third-order valence-corrected chi connectivity index (χ3v) is 6.84. The van der Waals surface area contributed by atoms with Gasteiger partial charge < -0.3 is 9.84 Å². The number of aliphatic hydroxyl groups excluding tert-OH is 1. The van der Waals surface area contributed by atoms with Crippen molar-refractivity contribution < 1.29 is 18.3 Å². The number of aryl methyl sites for hydroxylation is 1.